The van der Waals surface area contributed by atoms with Gasteiger partial charge in [0.05, 0.1) is 7.11 Å². The highest BCUT2D eigenvalue weighted by atomic mass is 19.3. The molecule has 1 atom stereocenters. The van der Waals surface area contributed by atoms with E-state index in [1.54, 1.807) is 0 Å². The van der Waals surface area contributed by atoms with E-state index >= 15 is 0 Å². The summed E-state index contributed by atoms with van der Waals surface area (Å²) in [5, 5.41) is 8.56. The summed E-state index contributed by atoms with van der Waals surface area (Å²) in [6.07, 6.45) is -2.72. The van der Waals surface area contributed by atoms with Gasteiger partial charge in [-0.1, -0.05) is 0 Å². The second-order valence-corrected chi connectivity index (χ2v) is 3.83. The zero-order chi connectivity index (χ0) is 13.7. The lowest BCUT2D eigenvalue weighted by atomic mass is 9.97. The molecule has 0 aromatic heterocycles. The number of carboxylic acids is 1. The molecule has 4 nitrogen and oxygen atoms in total. The van der Waals surface area contributed by atoms with Crippen LogP contribution >= 0.6 is 0 Å². The second kappa shape index (κ2) is 6.30. The molecule has 0 amide bonds. The topological polar surface area (TPSA) is 72.5 Å². The van der Waals surface area contributed by atoms with Crippen LogP contribution < -0.4 is 10.5 Å². The zero-order valence-corrected chi connectivity index (χ0v) is 9.90. The first-order valence-electron chi connectivity index (χ1n) is 5.39. The third-order valence-corrected chi connectivity index (χ3v) is 2.60. The lowest BCUT2D eigenvalue weighted by Crippen LogP contribution is -2.14. The summed E-state index contributed by atoms with van der Waals surface area (Å²) < 4.78 is 30.6. The van der Waals surface area contributed by atoms with Gasteiger partial charge in [-0.3, -0.25) is 4.79 Å². The molecule has 0 aliphatic rings. The predicted molar refractivity (Wildman–Crippen MR) is 61.7 cm³/mol. The largest absolute Gasteiger partial charge is 0.497 e. The number of nitrogens with two attached hydrogens (primary N) is 1. The van der Waals surface area contributed by atoms with Crippen LogP contribution in [0.25, 0.3) is 0 Å². The number of alkyl halides is 2. The van der Waals surface area contributed by atoms with E-state index < -0.39 is 18.4 Å². The van der Waals surface area contributed by atoms with E-state index in [0.717, 1.165) is 0 Å². The van der Waals surface area contributed by atoms with Crippen molar-refractivity contribution in [3.63, 3.8) is 0 Å². The molecule has 1 aromatic carbocycles. The van der Waals surface area contributed by atoms with Crippen LogP contribution in [0, 0.1) is 0 Å². The van der Waals surface area contributed by atoms with Crippen LogP contribution in [0.5, 0.6) is 5.75 Å². The van der Waals surface area contributed by atoms with Gasteiger partial charge in [-0.15, -0.1) is 0 Å². The minimum atomic E-state index is -2.65. The normalized spacial score (nSPS) is 12.5. The number of hydrogen-bond donors (Lipinski definition) is 2. The zero-order valence-electron chi connectivity index (χ0n) is 9.90. The number of aliphatic carboxylic acids is 1. The number of hydrogen-bond acceptors (Lipinski definition) is 3. The van der Waals surface area contributed by atoms with Crippen molar-refractivity contribution in [2.75, 3.05) is 7.11 Å². The van der Waals surface area contributed by atoms with Crippen molar-refractivity contribution in [2.45, 2.75) is 25.3 Å². The van der Waals surface area contributed by atoms with Crippen molar-refractivity contribution in [3.8, 4) is 5.75 Å². The molecule has 0 aliphatic heterocycles. The van der Waals surface area contributed by atoms with Gasteiger partial charge in [-0.2, -0.15) is 0 Å². The number of rotatable bonds is 6. The number of carbonyl (C=O) groups is 1. The molecule has 100 valence electrons. The summed E-state index contributed by atoms with van der Waals surface area (Å²) in [4.78, 5) is 10.4. The van der Waals surface area contributed by atoms with Gasteiger partial charge >= 0.3 is 5.97 Å². The van der Waals surface area contributed by atoms with Gasteiger partial charge in [0.15, 0.2) is 0 Å². The first-order chi connectivity index (χ1) is 8.45. The average molecular weight is 259 g/mol. The predicted octanol–water partition coefficient (Wildman–Crippen LogP) is 2.50. The standard InChI is InChI=1S/C12H15F2NO3/c1-18-7-2-3-8(12(13)14)9(6-7)10(15)4-5-11(16)17/h2-3,6,10,12H,4-5,15H2,1H3,(H,16,17). The molecule has 1 unspecified atom stereocenters. The fraction of sp³-hybridized carbons (Fsp3) is 0.417. The molecule has 3 N–H and O–H groups in total. The highest BCUT2D eigenvalue weighted by Gasteiger charge is 2.19. The van der Waals surface area contributed by atoms with Gasteiger partial charge in [-0.05, 0) is 30.2 Å². The van der Waals surface area contributed by atoms with Gasteiger partial charge in [0.25, 0.3) is 6.43 Å². The van der Waals surface area contributed by atoms with Crippen molar-refractivity contribution >= 4 is 5.97 Å². The van der Waals surface area contributed by atoms with Gasteiger partial charge in [0.2, 0.25) is 0 Å². The molecule has 18 heavy (non-hydrogen) atoms. The molecule has 0 radical (unpaired) electrons. The van der Waals surface area contributed by atoms with Crippen molar-refractivity contribution in [2.24, 2.45) is 5.73 Å². The minimum Gasteiger partial charge on any atom is -0.497 e. The van der Waals surface area contributed by atoms with E-state index in [0.29, 0.717) is 5.75 Å². The number of ether oxygens (including phenoxy) is 1. The Kier molecular flexibility index (Phi) is 5.03. The monoisotopic (exact) mass is 259 g/mol. The van der Waals surface area contributed by atoms with Crippen LogP contribution in [0.3, 0.4) is 0 Å². The van der Waals surface area contributed by atoms with E-state index in [1.165, 1.54) is 25.3 Å². The SMILES string of the molecule is COc1ccc(C(F)F)c(C(N)CCC(=O)O)c1. The summed E-state index contributed by atoms with van der Waals surface area (Å²) in [7, 11) is 1.42. The molecule has 0 heterocycles. The van der Waals surface area contributed by atoms with Crippen molar-refractivity contribution in [1.29, 1.82) is 0 Å². The van der Waals surface area contributed by atoms with E-state index in [4.69, 9.17) is 15.6 Å². The molecule has 0 spiro atoms. The molecule has 1 rings (SSSR count). The second-order valence-electron chi connectivity index (χ2n) is 3.83. The molecule has 0 saturated heterocycles. The lowest BCUT2D eigenvalue weighted by molar-refractivity contribution is -0.137. The molecular formula is C12H15F2NO3. The van der Waals surface area contributed by atoms with Crippen LogP contribution in [0.1, 0.15) is 36.4 Å². The molecule has 0 bridgehead atoms. The van der Waals surface area contributed by atoms with Crippen LogP contribution in [0.4, 0.5) is 8.78 Å². The molecule has 0 fully saturated rings. The fourth-order valence-corrected chi connectivity index (χ4v) is 1.63. The summed E-state index contributed by atoms with van der Waals surface area (Å²) in [5.74, 6) is -0.591. The third kappa shape index (κ3) is 3.66. The van der Waals surface area contributed by atoms with Crippen LogP contribution in [0.15, 0.2) is 18.2 Å². The maximum Gasteiger partial charge on any atom is 0.303 e. The summed E-state index contributed by atoms with van der Waals surface area (Å²) in [6, 6.07) is 3.35. The maximum absolute atomic E-state index is 12.8. The van der Waals surface area contributed by atoms with Crippen LogP contribution in [-0.2, 0) is 4.79 Å². The number of halogens is 2. The quantitative estimate of drug-likeness (QED) is 0.823. The summed E-state index contributed by atoms with van der Waals surface area (Å²) in [6.45, 7) is 0. The highest BCUT2D eigenvalue weighted by Crippen LogP contribution is 2.31. The van der Waals surface area contributed by atoms with Gasteiger partial charge < -0.3 is 15.6 Å². The Labute approximate surface area is 103 Å². The Morgan fingerprint density at radius 1 is 1.44 bits per heavy atom. The average Bonchev–Trinajstić information content (AvgIpc) is 2.34. The van der Waals surface area contributed by atoms with E-state index in [1.807, 2.05) is 0 Å². The Bertz CT molecular complexity index is 424. The van der Waals surface area contributed by atoms with E-state index in [9.17, 15) is 13.6 Å². The molecule has 1 aromatic rings. The number of carboxylic acid groups (broad SMARTS) is 1. The molecule has 0 aliphatic carbocycles. The summed E-state index contributed by atoms with van der Waals surface area (Å²) in [5.41, 5.74) is 5.79. The Balaban J connectivity index is 2.98. The van der Waals surface area contributed by atoms with E-state index in [2.05, 4.69) is 0 Å². The number of methoxy groups -OCH3 is 1. The Hall–Kier alpha value is -1.69. The smallest absolute Gasteiger partial charge is 0.303 e. The number of benzene rings is 1. The highest BCUT2D eigenvalue weighted by molar-refractivity contribution is 5.66. The van der Waals surface area contributed by atoms with Gasteiger partial charge in [-0.25, -0.2) is 8.78 Å². The van der Waals surface area contributed by atoms with Gasteiger partial charge in [0, 0.05) is 18.0 Å². The Morgan fingerprint density at radius 3 is 2.61 bits per heavy atom. The Morgan fingerprint density at radius 2 is 2.11 bits per heavy atom. The van der Waals surface area contributed by atoms with E-state index in [-0.39, 0.29) is 24.0 Å². The first-order valence-corrected chi connectivity index (χ1v) is 5.39. The maximum atomic E-state index is 12.8. The molecule has 0 saturated carbocycles. The van der Waals surface area contributed by atoms with Crippen molar-refractivity contribution in [1.82, 2.24) is 0 Å². The molecular weight excluding hydrogens is 244 g/mol. The van der Waals surface area contributed by atoms with Crippen molar-refractivity contribution in [3.05, 3.63) is 29.3 Å². The molecule has 6 heteroatoms. The first kappa shape index (κ1) is 14.4. The fourth-order valence-electron chi connectivity index (χ4n) is 1.63. The lowest BCUT2D eigenvalue weighted by Gasteiger charge is -2.16. The van der Waals surface area contributed by atoms with Gasteiger partial charge in [0.1, 0.15) is 5.75 Å². The minimum absolute atomic E-state index is 0.0994. The third-order valence-electron chi connectivity index (χ3n) is 2.60. The van der Waals surface area contributed by atoms with Crippen LogP contribution in [-0.4, -0.2) is 18.2 Å². The van der Waals surface area contributed by atoms with Crippen molar-refractivity contribution < 1.29 is 23.4 Å². The van der Waals surface area contributed by atoms with Crippen LogP contribution in [0.2, 0.25) is 0 Å². The summed E-state index contributed by atoms with van der Waals surface area (Å²) >= 11 is 0.